The zero-order valence-corrected chi connectivity index (χ0v) is 18.4. The topological polar surface area (TPSA) is 80.2 Å². The van der Waals surface area contributed by atoms with Gasteiger partial charge in [0.2, 0.25) is 0 Å². The van der Waals surface area contributed by atoms with Gasteiger partial charge >= 0.3 is 0 Å². The number of methoxy groups -OCH3 is 1. The molecule has 0 aliphatic carbocycles. The van der Waals surface area contributed by atoms with Gasteiger partial charge in [0.1, 0.15) is 18.1 Å². The van der Waals surface area contributed by atoms with Crippen LogP contribution < -0.4 is 20.1 Å². The van der Waals surface area contributed by atoms with E-state index in [0.29, 0.717) is 19.7 Å². The van der Waals surface area contributed by atoms with Crippen molar-refractivity contribution in [1.29, 1.82) is 0 Å². The number of aliphatic imine (C=N–C) groups is 1. The van der Waals surface area contributed by atoms with Gasteiger partial charge in [0.05, 0.1) is 45.7 Å². The van der Waals surface area contributed by atoms with Crippen LogP contribution in [0.15, 0.2) is 53.8 Å². The van der Waals surface area contributed by atoms with Crippen molar-refractivity contribution in [3.05, 3.63) is 54.4 Å². The summed E-state index contributed by atoms with van der Waals surface area (Å²) >= 11 is 0. The maximum absolute atomic E-state index is 5.70. The fourth-order valence-corrected chi connectivity index (χ4v) is 3.44. The van der Waals surface area contributed by atoms with Crippen molar-refractivity contribution in [2.75, 3.05) is 59.7 Å². The van der Waals surface area contributed by atoms with E-state index < -0.39 is 0 Å². The first-order chi connectivity index (χ1) is 15.3. The SMILES string of the molecule is CCNC(=NCC(c1ccc(OC)cc1)N1CCOCC1)NCCOc1cccnc1. The first kappa shape index (κ1) is 22.8. The summed E-state index contributed by atoms with van der Waals surface area (Å²) in [7, 11) is 1.69. The fraction of sp³-hybridized carbons (Fsp3) is 0.478. The van der Waals surface area contributed by atoms with E-state index in [0.717, 1.165) is 50.3 Å². The molecule has 1 unspecified atom stereocenters. The first-order valence-electron chi connectivity index (χ1n) is 10.8. The molecule has 0 spiro atoms. The Labute approximate surface area is 184 Å². The summed E-state index contributed by atoms with van der Waals surface area (Å²) in [5.74, 6) is 2.40. The second-order valence-corrected chi connectivity index (χ2v) is 7.12. The summed E-state index contributed by atoms with van der Waals surface area (Å²) in [5.41, 5.74) is 1.22. The van der Waals surface area contributed by atoms with Crippen LogP contribution in [0.2, 0.25) is 0 Å². The van der Waals surface area contributed by atoms with E-state index in [1.807, 2.05) is 24.3 Å². The van der Waals surface area contributed by atoms with Crippen LogP contribution in [0.25, 0.3) is 0 Å². The molecule has 1 saturated heterocycles. The Morgan fingerprint density at radius 2 is 1.97 bits per heavy atom. The van der Waals surface area contributed by atoms with E-state index >= 15 is 0 Å². The average molecular weight is 428 g/mol. The number of benzene rings is 1. The third-order valence-electron chi connectivity index (χ3n) is 5.05. The second-order valence-electron chi connectivity index (χ2n) is 7.12. The highest BCUT2D eigenvalue weighted by Crippen LogP contribution is 2.24. The molecule has 1 aromatic heterocycles. The summed E-state index contributed by atoms with van der Waals surface area (Å²) in [6.45, 7) is 7.97. The van der Waals surface area contributed by atoms with Gasteiger partial charge in [-0.15, -0.1) is 0 Å². The Hall–Kier alpha value is -2.84. The molecule has 31 heavy (non-hydrogen) atoms. The van der Waals surface area contributed by atoms with Gasteiger partial charge in [0.15, 0.2) is 5.96 Å². The van der Waals surface area contributed by atoms with Crippen molar-refractivity contribution in [3.63, 3.8) is 0 Å². The zero-order chi connectivity index (χ0) is 21.7. The van der Waals surface area contributed by atoms with Gasteiger partial charge in [-0.25, -0.2) is 0 Å². The third kappa shape index (κ3) is 7.41. The van der Waals surface area contributed by atoms with Gasteiger partial charge in [-0.05, 0) is 36.8 Å². The highest BCUT2D eigenvalue weighted by atomic mass is 16.5. The predicted molar refractivity (Wildman–Crippen MR) is 122 cm³/mol. The Morgan fingerprint density at radius 3 is 2.65 bits per heavy atom. The lowest BCUT2D eigenvalue weighted by atomic mass is 10.0. The first-order valence-corrected chi connectivity index (χ1v) is 10.8. The monoisotopic (exact) mass is 427 g/mol. The molecule has 0 bridgehead atoms. The molecule has 168 valence electrons. The number of rotatable bonds is 10. The summed E-state index contributed by atoms with van der Waals surface area (Å²) in [4.78, 5) is 11.4. The van der Waals surface area contributed by atoms with Crippen LogP contribution in [0.4, 0.5) is 0 Å². The molecule has 0 saturated carbocycles. The van der Waals surface area contributed by atoms with E-state index in [4.69, 9.17) is 19.2 Å². The van der Waals surface area contributed by atoms with Gasteiger partial charge < -0.3 is 24.8 Å². The van der Waals surface area contributed by atoms with Gasteiger partial charge in [-0.3, -0.25) is 14.9 Å². The quantitative estimate of drug-likeness (QED) is 0.341. The number of nitrogens with one attached hydrogen (secondary N) is 2. The van der Waals surface area contributed by atoms with Crippen LogP contribution in [0.1, 0.15) is 18.5 Å². The Balaban J connectivity index is 1.61. The standard InChI is InChI=1S/C23H33N5O3/c1-3-25-23(26-11-14-31-21-5-4-10-24-17-21)27-18-22(28-12-15-30-16-13-28)19-6-8-20(29-2)9-7-19/h4-10,17,22H,3,11-16,18H2,1-2H3,(H2,25,26,27). The lowest BCUT2D eigenvalue weighted by molar-refractivity contribution is 0.0179. The number of guanidine groups is 1. The van der Waals surface area contributed by atoms with Crippen LogP contribution in [-0.2, 0) is 4.74 Å². The third-order valence-corrected chi connectivity index (χ3v) is 5.05. The lowest BCUT2D eigenvalue weighted by Crippen LogP contribution is -2.42. The van der Waals surface area contributed by atoms with Crippen molar-refractivity contribution in [1.82, 2.24) is 20.5 Å². The minimum Gasteiger partial charge on any atom is -0.497 e. The van der Waals surface area contributed by atoms with Crippen LogP contribution in [0, 0.1) is 0 Å². The lowest BCUT2D eigenvalue weighted by Gasteiger charge is -2.34. The summed E-state index contributed by atoms with van der Waals surface area (Å²) < 4.78 is 16.6. The number of hydrogen-bond acceptors (Lipinski definition) is 6. The number of pyridine rings is 1. The number of aromatic nitrogens is 1. The molecule has 8 nitrogen and oxygen atoms in total. The maximum atomic E-state index is 5.70. The molecule has 8 heteroatoms. The molecule has 3 rings (SSSR count). The molecule has 0 radical (unpaired) electrons. The van der Waals surface area contributed by atoms with Crippen molar-refractivity contribution >= 4 is 5.96 Å². The van der Waals surface area contributed by atoms with Crippen molar-refractivity contribution in [2.45, 2.75) is 13.0 Å². The zero-order valence-electron chi connectivity index (χ0n) is 18.4. The summed E-state index contributed by atoms with van der Waals surface area (Å²) in [6, 6.07) is 12.2. The molecule has 1 aliphatic heterocycles. The van der Waals surface area contributed by atoms with E-state index in [-0.39, 0.29) is 6.04 Å². The molecular formula is C23H33N5O3. The molecule has 2 aromatic rings. The summed E-state index contributed by atoms with van der Waals surface area (Å²) in [5, 5.41) is 6.67. The Kier molecular flexibility index (Phi) is 9.40. The van der Waals surface area contributed by atoms with Crippen molar-refractivity contribution in [3.8, 4) is 11.5 Å². The Bertz CT molecular complexity index is 780. The normalized spacial score (nSPS) is 15.9. The molecule has 1 aromatic carbocycles. The average Bonchev–Trinajstić information content (AvgIpc) is 2.83. The number of ether oxygens (including phenoxy) is 3. The smallest absolute Gasteiger partial charge is 0.191 e. The number of hydrogen-bond donors (Lipinski definition) is 2. The molecular weight excluding hydrogens is 394 g/mol. The van der Waals surface area contributed by atoms with Crippen LogP contribution in [0.3, 0.4) is 0 Å². The van der Waals surface area contributed by atoms with Gasteiger partial charge in [0.25, 0.3) is 0 Å². The minimum atomic E-state index is 0.178. The minimum absolute atomic E-state index is 0.178. The largest absolute Gasteiger partial charge is 0.497 e. The predicted octanol–water partition coefficient (Wildman–Crippen LogP) is 2.10. The highest BCUT2D eigenvalue weighted by molar-refractivity contribution is 5.79. The number of morpholine rings is 1. The van der Waals surface area contributed by atoms with Gasteiger partial charge in [0, 0.05) is 25.8 Å². The van der Waals surface area contributed by atoms with Crippen LogP contribution in [0.5, 0.6) is 11.5 Å². The van der Waals surface area contributed by atoms with Crippen LogP contribution in [-0.4, -0.2) is 75.5 Å². The molecule has 2 N–H and O–H groups in total. The van der Waals surface area contributed by atoms with Gasteiger partial charge in [-0.1, -0.05) is 12.1 Å². The maximum Gasteiger partial charge on any atom is 0.191 e. The van der Waals surface area contributed by atoms with Crippen LogP contribution >= 0.6 is 0 Å². The van der Waals surface area contributed by atoms with E-state index in [2.05, 4.69) is 39.6 Å². The fourth-order valence-electron chi connectivity index (χ4n) is 3.44. The van der Waals surface area contributed by atoms with E-state index in [9.17, 15) is 0 Å². The molecule has 1 atom stereocenters. The molecule has 2 heterocycles. The van der Waals surface area contributed by atoms with Crippen molar-refractivity contribution in [2.24, 2.45) is 4.99 Å². The van der Waals surface area contributed by atoms with Crippen molar-refractivity contribution < 1.29 is 14.2 Å². The molecule has 1 fully saturated rings. The molecule has 0 amide bonds. The Morgan fingerprint density at radius 1 is 1.16 bits per heavy atom. The summed E-state index contributed by atoms with van der Waals surface area (Å²) in [6.07, 6.45) is 3.44. The highest BCUT2D eigenvalue weighted by Gasteiger charge is 2.22. The number of nitrogens with zero attached hydrogens (tertiary/aromatic N) is 3. The van der Waals surface area contributed by atoms with Gasteiger partial charge in [-0.2, -0.15) is 0 Å². The second kappa shape index (κ2) is 12.8. The van der Waals surface area contributed by atoms with E-state index in [1.54, 1.807) is 19.5 Å². The van der Waals surface area contributed by atoms with E-state index in [1.165, 1.54) is 5.56 Å². The molecule has 1 aliphatic rings.